The lowest BCUT2D eigenvalue weighted by Gasteiger charge is -2.13. The molecule has 0 aromatic carbocycles. The van der Waals surface area contributed by atoms with E-state index in [9.17, 15) is 9.59 Å². The van der Waals surface area contributed by atoms with Gasteiger partial charge in [-0.1, -0.05) is 27.7 Å². The van der Waals surface area contributed by atoms with Crippen LogP contribution in [0.4, 0.5) is 0 Å². The molecule has 0 amide bonds. The molecule has 0 aliphatic carbocycles. The number of ether oxygens (including phenoxy) is 2. The number of hydrogen-bond donors (Lipinski definition) is 1. The largest absolute Gasteiger partial charge is 0.465 e. The van der Waals surface area contributed by atoms with Crippen LogP contribution in [-0.2, 0) is 19.1 Å². The first-order chi connectivity index (χ1) is 8.32. The first-order valence-electron chi connectivity index (χ1n) is 6.40. The second-order valence-corrected chi connectivity index (χ2v) is 5.25. The molecule has 0 aromatic rings. The van der Waals surface area contributed by atoms with Gasteiger partial charge in [-0.05, 0) is 18.3 Å². The summed E-state index contributed by atoms with van der Waals surface area (Å²) >= 11 is 0. The van der Waals surface area contributed by atoms with Crippen LogP contribution < -0.4 is 5.73 Å². The molecular formula is C13H25NO4. The number of carbonyl (C=O) groups is 2. The van der Waals surface area contributed by atoms with Crippen molar-refractivity contribution in [2.75, 3.05) is 13.2 Å². The smallest absolute Gasteiger partial charge is 0.322 e. The van der Waals surface area contributed by atoms with Gasteiger partial charge in [0.1, 0.15) is 6.04 Å². The van der Waals surface area contributed by atoms with Crippen LogP contribution in [0.25, 0.3) is 0 Å². The summed E-state index contributed by atoms with van der Waals surface area (Å²) in [4.78, 5) is 22.7. The minimum absolute atomic E-state index is 0.144. The maximum atomic E-state index is 11.4. The molecule has 1 atom stereocenters. The topological polar surface area (TPSA) is 78.6 Å². The van der Waals surface area contributed by atoms with Crippen molar-refractivity contribution in [1.29, 1.82) is 0 Å². The Morgan fingerprint density at radius 3 is 2.00 bits per heavy atom. The van der Waals surface area contributed by atoms with Gasteiger partial charge in [-0.15, -0.1) is 0 Å². The molecule has 0 aliphatic heterocycles. The zero-order valence-electron chi connectivity index (χ0n) is 11.8. The molecule has 18 heavy (non-hydrogen) atoms. The summed E-state index contributed by atoms with van der Waals surface area (Å²) < 4.78 is 9.96. The standard InChI is InChI=1S/C13H25NO4/c1-9(2)7-17-12(15)6-5-11(14)13(16)18-8-10(3)4/h9-11H,5-8,14H2,1-4H3/t11-/m1/s1. The Morgan fingerprint density at radius 1 is 1.00 bits per heavy atom. The van der Waals surface area contributed by atoms with Gasteiger partial charge in [-0.25, -0.2) is 0 Å². The SMILES string of the molecule is CC(C)COC(=O)CC[C@@H](N)C(=O)OCC(C)C. The van der Waals surface area contributed by atoms with Gasteiger partial charge in [0.15, 0.2) is 0 Å². The van der Waals surface area contributed by atoms with Gasteiger partial charge in [0, 0.05) is 6.42 Å². The number of nitrogens with two attached hydrogens (primary N) is 1. The first-order valence-corrected chi connectivity index (χ1v) is 6.40. The third-order valence-electron chi connectivity index (χ3n) is 2.10. The molecule has 0 bridgehead atoms. The highest BCUT2D eigenvalue weighted by atomic mass is 16.5. The molecule has 0 heterocycles. The first kappa shape index (κ1) is 16.9. The van der Waals surface area contributed by atoms with E-state index in [2.05, 4.69) is 0 Å². The predicted molar refractivity (Wildman–Crippen MR) is 68.8 cm³/mol. The Bertz CT molecular complexity index is 264. The van der Waals surface area contributed by atoms with Gasteiger partial charge in [-0.3, -0.25) is 9.59 Å². The van der Waals surface area contributed by atoms with Crippen LogP contribution in [0.2, 0.25) is 0 Å². The Balaban J connectivity index is 3.77. The van der Waals surface area contributed by atoms with Crippen molar-refractivity contribution in [2.45, 2.75) is 46.6 Å². The van der Waals surface area contributed by atoms with Gasteiger partial charge in [0.05, 0.1) is 13.2 Å². The quantitative estimate of drug-likeness (QED) is 0.668. The van der Waals surface area contributed by atoms with Crippen molar-refractivity contribution in [1.82, 2.24) is 0 Å². The fraction of sp³-hybridized carbons (Fsp3) is 0.846. The molecule has 0 fully saturated rings. The molecule has 0 unspecified atom stereocenters. The average Bonchev–Trinajstić information content (AvgIpc) is 2.30. The highest BCUT2D eigenvalue weighted by Gasteiger charge is 2.17. The van der Waals surface area contributed by atoms with Crippen molar-refractivity contribution in [3.63, 3.8) is 0 Å². The Hall–Kier alpha value is -1.10. The molecule has 0 saturated heterocycles. The summed E-state index contributed by atoms with van der Waals surface area (Å²) in [5, 5.41) is 0. The highest BCUT2D eigenvalue weighted by molar-refractivity contribution is 5.77. The Morgan fingerprint density at radius 2 is 1.50 bits per heavy atom. The van der Waals surface area contributed by atoms with E-state index in [1.807, 2.05) is 27.7 Å². The lowest BCUT2D eigenvalue weighted by molar-refractivity contribution is -0.147. The van der Waals surface area contributed by atoms with Gasteiger partial charge in [0.25, 0.3) is 0 Å². The van der Waals surface area contributed by atoms with E-state index in [-0.39, 0.29) is 24.7 Å². The predicted octanol–water partition coefficient (Wildman–Crippen LogP) is 1.49. The van der Waals surface area contributed by atoms with Crippen LogP contribution in [-0.4, -0.2) is 31.2 Å². The highest BCUT2D eigenvalue weighted by Crippen LogP contribution is 2.02. The summed E-state index contributed by atoms with van der Waals surface area (Å²) in [6.07, 6.45) is 0.401. The summed E-state index contributed by atoms with van der Waals surface area (Å²) in [5.74, 6) is -0.202. The number of carbonyl (C=O) groups excluding carboxylic acids is 2. The van der Waals surface area contributed by atoms with Gasteiger partial charge in [-0.2, -0.15) is 0 Å². The van der Waals surface area contributed by atoms with Crippen molar-refractivity contribution >= 4 is 11.9 Å². The fourth-order valence-electron chi connectivity index (χ4n) is 1.08. The molecule has 0 spiro atoms. The Labute approximate surface area is 109 Å². The minimum atomic E-state index is -0.754. The number of rotatable bonds is 8. The minimum Gasteiger partial charge on any atom is -0.465 e. The van der Waals surface area contributed by atoms with Crippen LogP contribution in [0, 0.1) is 11.8 Å². The van der Waals surface area contributed by atoms with Gasteiger partial charge < -0.3 is 15.2 Å². The molecular weight excluding hydrogens is 234 g/mol. The van der Waals surface area contributed by atoms with E-state index in [4.69, 9.17) is 15.2 Å². The maximum Gasteiger partial charge on any atom is 0.322 e. The zero-order chi connectivity index (χ0) is 14.1. The lowest BCUT2D eigenvalue weighted by Crippen LogP contribution is -2.33. The molecule has 0 saturated carbocycles. The molecule has 2 N–H and O–H groups in total. The number of hydrogen-bond acceptors (Lipinski definition) is 5. The van der Waals surface area contributed by atoms with Gasteiger partial charge in [0.2, 0.25) is 0 Å². The summed E-state index contributed by atoms with van der Waals surface area (Å²) in [5.41, 5.74) is 5.63. The van der Waals surface area contributed by atoms with E-state index in [1.165, 1.54) is 0 Å². The van der Waals surface area contributed by atoms with E-state index in [0.29, 0.717) is 19.1 Å². The summed E-state index contributed by atoms with van der Waals surface area (Å²) in [6, 6.07) is -0.754. The van der Waals surface area contributed by atoms with E-state index in [0.717, 1.165) is 0 Å². The van der Waals surface area contributed by atoms with Crippen molar-refractivity contribution < 1.29 is 19.1 Å². The normalized spacial score (nSPS) is 12.6. The lowest BCUT2D eigenvalue weighted by atomic mass is 10.1. The monoisotopic (exact) mass is 259 g/mol. The van der Waals surface area contributed by atoms with Crippen molar-refractivity contribution in [2.24, 2.45) is 17.6 Å². The second-order valence-electron chi connectivity index (χ2n) is 5.25. The van der Waals surface area contributed by atoms with Crippen molar-refractivity contribution in [3.8, 4) is 0 Å². The molecule has 5 heteroatoms. The second kappa shape index (κ2) is 8.91. The van der Waals surface area contributed by atoms with E-state index < -0.39 is 12.0 Å². The molecule has 0 aliphatic rings. The van der Waals surface area contributed by atoms with E-state index >= 15 is 0 Å². The zero-order valence-corrected chi connectivity index (χ0v) is 11.8. The number of esters is 2. The molecule has 0 aromatic heterocycles. The molecule has 106 valence electrons. The third-order valence-corrected chi connectivity index (χ3v) is 2.10. The van der Waals surface area contributed by atoms with Crippen LogP contribution in [0.3, 0.4) is 0 Å². The van der Waals surface area contributed by atoms with Crippen LogP contribution in [0.15, 0.2) is 0 Å². The summed E-state index contributed by atoms with van der Waals surface area (Å²) in [7, 11) is 0. The maximum absolute atomic E-state index is 11.4. The fourth-order valence-corrected chi connectivity index (χ4v) is 1.08. The molecule has 5 nitrogen and oxygen atoms in total. The van der Waals surface area contributed by atoms with Crippen LogP contribution in [0.1, 0.15) is 40.5 Å². The molecule has 0 rings (SSSR count). The Kier molecular flexibility index (Phi) is 8.37. The van der Waals surface area contributed by atoms with Crippen molar-refractivity contribution in [3.05, 3.63) is 0 Å². The summed E-state index contributed by atoms with van der Waals surface area (Å²) in [6.45, 7) is 8.56. The van der Waals surface area contributed by atoms with Crippen LogP contribution >= 0.6 is 0 Å². The third kappa shape index (κ3) is 8.98. The van der Waals surface area contributed by atoms with E-state index in [1.54, 1.807) is 0 Å². The van der Waals surface area contributed by atoms with Gasteiger partial charge >= 0.3 is 11.9 Å². The van der Waals surface area contributed by atoms with Crippen LogP contribution in [0.5, 0.6) is 0 Å². The molecule has 0 radical (unpaired) electrons. The average molecular weight is 259 g/mol.